The molecule has 0 aliphatic heterocycles. The van der Waals surface area contributed by atoms with Gasteiger partial charge in [-0.3, -0.25) is 14.2 Å². The van der Waals surface area contributed by atoms with E-state index in [0.29, 0.717) is 17.4 Å². The lowest BCUT2D eigenvalue weighted by Gasteiger charge is -2.30. The van der Waals surface area contributed by atoms with Gasteiger partial charge >= 0.3 is 5.97 Å². The number of nitrogens with zero attached hydrogens (tertiary/aromatic N) is 1. The molecule has 0 radical (unpaired) electrons. The number of carbonyl (C=O) groups is 2. The summed E-state index contributed by atoms with van der Waals surface area (Å²) in [5.74, 6) is -0.571. The summed E-state index contributed by atoms with van der Waals surface area (Å²) < 4.78 is 30.2. The predicted molar refractivity (Wildman–Crippen MR) is 307 cm³/mol. The molecule has 0 aromatic carbocycles. The Morgan fingerprint density at radius 2 is 0.889 bits per heavy atom. The molecule has 0 fully saturated rings. The van der Waals surface area contributed by atoms with Crippen molar-refractivity contribution in [1.29, 1.82) is 0 Å². The van der Waals surface area contributed by atoms with Crippen LogP contribution in [0.1, 0.15) is 271 Å². The maximum Gasteiger partial charge on any atom is 0.306 e. The molecule has 0 aliphatic carbocycles. The predicted octanol–water partition coefficient (Wildman–Crippen LogP) is 17.6. The summed E-state index contributed by atoms with van der Waals surface area (Å²) in [5.41, 5.74) is 0. The largest absolute Gasteiger partial charge is 0.756 e. The van der Waals surface area contributed by atoms with Crippen LogP contribution < -0.4 is 10.2 Å². The first-order valence-electron chi connectivity index (χ1n) is 30.1. The number of phosphoric acid groups is 1. The van der Waals surface area contributed by atoms with E-state index in [-0.39, 0.29) is 31.3 Å². The van der Waals surface area contributed by atoms with Crippen molar-refractivity contribution in [3.63, 3.8) is 0 Å². The Morgan fingerprint density at radius 1 is 0.500 bits per heavy atom. The maximum atomic E-state index is 13.5. The summed E-state index contributed by atoms with van der Waals surface area (Å²) in [4.78, 5) is 39.9. The van der Waals surface area contributed by atoms with Crippen LogP contribution in [0.4, 0.5) is 0 Å². The number of quaternary nitrogens is 1. The van der Waals surface area contributed by atoms with E-state index in [0.717, 1.165) is 83.5 Å². The summed E-state index contributed by atoms with van der Waals surface area (Å²) in [6.45, 7) is 6.71. The highest BCUT2D eigenvalue weighted by molar-refractivity contribution is 7.45. The number of carbonyl (C=O) groups excluding carboxylic acids is 2. The van der Waals surface area contributed by atoms with Crippen LogP contribution >= 0.6 is 7.82 Å². The molecule has 3 atom stereocenters. The lowest BCUT2D eigenvalue weighted by atomic mass is 10.0. The van der Waals surface area contributed by atoms with E-state index in [9.17, 15) is 19.0 Å². The first-order valence-corrected chi connectivity index (χ1v) is 31.6. The normalized spacial score (nSPS) is 14.2. The molecule has 3 unspecified atom stereocenters. The van der Waals surface area contributed by atoms with Gasteiger partial charge in [-0.25, -0.2) is 0 Å². The van der Waals surface area contributed by atoms with Crippen molar-refractivity contribution in [3.8, 4) is 0 Å². The monoisotopic (exact) mass is 1030 g/mol. The third-order valence-corrected chi connectivity index (χ3v) is 14.2. The average Bonchev–Trinajstić information content (AvgIpc) is 3.34. The molecule has 0 bridgehead atoms. The molecule has 1 amide bonds. The van der Waals surface area contributed by atoms with Crippen molar-refractivity contribution < 1.29 is 37.3 Å². The third-order valence-electron chi connectivity index (χ3n) is 13.2. The molecule has 0 saturated carbocycles. The molecular formula is C62H115N2O7P. The van der Waals surface area contributed by atoms with Gasteiger partial charge in [-0.1, -0.05) is 249 Å². The van der Waals surface area contributed by atoms with E-state index >= 15 is 0 Å². The topological polar surface area (TPSA) is 114 Å². The van der Waals surface area contributed by atoms with E-state index in [2.05, 4.69) is 74.7 Å². The van der Waals surface area contributed by atoms with E-state index in [1.54, 1.807) is 0 Å². The van der Waals surface area contributed by atoms with Crippen molar-refractivity contribution in [2.24, 2.45) is 0 Å². The van der Waals surface area contributed by atoms with E-state index in [4.69, 9.17) is 13.8 Å². The second kappa shape index (κ2) is 52.2. The number of unbranched alkanes of at least 4 members (excludes halogenated alkanes) is 30. The maximum absolute atomic E-state index is 13.5. The van der Waals surface area contributed by atoms with Gasteiger partial charge in [0.1, 0.15) is 19.3 Å². The van der Waals surface area contributed by atoms with Crippen LogP contribution in [0, 0.1) is 0 Å². The Bertz CT molecular complexity index is 1420. The molecule has 0 heterocycles. The Hall–Kier alpha value is -2.29. The lowest BCUT2D eigenvalue weighted by Crippen LogP contribution is -2.47. The van der Waals surface area contributed by atoms with Gasteiger partial charge in [-0.2, -0.15) is 0 Å². The molecule has 9 nitrogen and oxygen atoms in total. The molecule has 0 rings (SSSR count). The van der Waals surface area contributed by atoms with Crippen LogP contribution in [0.15, 0.2) is 60.8 Å². The highest BCUT2D eigenvalue weighted by Crippen LogP contribution is 2.38. The first-order chi connectivity index (χ1) is 34.9. The summed E-state index contributed by atoms with van der Waals surface area (Å²) in [6.07, 6.45) is 64.8. The number of esters is 1. The fourth-order valence-corrected chi connectivity index (χ4v) is 9.30. The second-order valence-corrected chi connectivity index (χ2v) is 22.9. The second-order valence-electron chi connectivity index (χ2n) is 21.5. The van der Waals surface area contributed by atoms with Gasteiger partial charge in [0.15, 0.2) is 0 Å². The Balaban J connectivity index is 5.27. The molecule has 1 N–H and O–H groups in total. The minimum Gasteiger partial charge on any atom is -0.756 e. The van der Waals surface area contributed by atoms with Crippen LogP contribution in [0.25, 0.3) is 0 Å². The molecule has 0 aromatic heterocycles. The zero-order valence-electron chi connectivity index (χ0n) is 47.9. The van der Waals surface area contributed by atoms with Crippen molar-refractivity contribution in [3.05, 3.63) is 60.8 Å². The number of likely N-dealkylation sites (N-methyl/N-ethyl adjacent to an activating group) is 1. The number of amides is 1. The van der Waals surface area contributed by atoms with E-state index in [1.165, 1.54) is 148 Å². The fourth-order valence-electron chi connectivity index (χ4n) is 8.57. The van der Waals surface area contributed by atoms with Crippen molar-refractivity contribution in [2.45, 2.75) is 283 Å². The van der Waals surface area contributed by atoms with Gasteiger partial charge in [-0.05, 0) is 70.3 Å². The number of rotatable bonds is 54. The standard InChI is InChI=1S/C62H115N2O7P/c1-7-10-13-16-19-22-25-27-29-31-32-33-35-37-40-43-46-49-52-55-62(66)71-60(53-50-47-44-41-38-24-21-18-15-12-9-3)59(58-70-72(67,68)69-57-56-64(4,5)6)63-61(65)54-51-48-45-42-39-36-34-30-28-26-23-20-17-14-11-8-2/h11,14,20,23,28,30,36,39,50,53,59-60H,7-10,12-13,15-19,21-22,24-27,29,31-35,37-38,40-49,51-52,54-58H2,1-6H3,(H-,63,65,67,68)/b14-11+,23-20+,30-28+,39-36+,53-50+. The zero-order chi connectivity index (χ0) is 52.9. The molecule has 0 saturated heterocycles. The number of nitrogens with one attached hydrogen (secondary N) is 1. The van der Waals surface area contributed by atoms with Crippen molar-refractivity contribution in [2.75, 3.05) is 40.9 Å². The van der Waals surface area contributed by atoms with Gasteiger partial charge in [0.2, 0.25) is 5.91 Å². The van der Waals surface area contributed by atoms with Gasteiger partial charge < -0.3 is 28.5 Å². The Kier molecular flexibility index (Phi) is 50.5. The SMILES string of the molecule is CC/C=C/C/C=C/C/C=C/C/C=C/CCCCCC(=O)NC(COP(=O)([O-])OCC[N+](C)(C)C)C(/C=C/CCCCCCCCCCC)OC(=O)CCCCCCCCCCCCCCCCCCCCC. The number of hydrogen-bond acceptors (Lipinski definition) is 7. The fraction of sp³-hybridized carbons (Fsp3) is 0.806. The van der Waals surface area contributed by atoms with Crippen LogP contribution in [-0.4, -0.2) is 69.4 Å². The summed E-state index contributed by atoms with van der Waals surface area (Å²) in [7, 11) is 1.16. The van der Waals surface area contributed by atoms with Gasteiger partial charge in [0.05, 0.1) is 33.8 Å². The van der Waals surface area contributed by atoms with E-state index in [1.807, 2.05) is 33.3 Å². The molecule has 10 heteroatoms. The van der Waals surface area contributed by atoms with Crippen LogP contribution in [0.5, 0.6) is 0 Å². The summed E-state index contributed by atoms with van der Waals surface area (Å²) >= 11 is 0. The van der Waals surface area contributed by atoms with Crippen LogP contribution in [0.3, 0.4) is 0 Å². The number of ether oxygens (including phenoxy) is 1. The van der Waals surface area contributed by atoms with Gasteiger partial charge in [0.25, 0.3) is 7.82 Å². The average molecular weight is 1030 g/mol. The first kappa shape index (κ1) is 69.7. The van der Waals surface area contributed by atoms with Gasteiger partial charge in [0, 0.05) is 12.8 Å². The van der Waals surface area contributed by atoms with Crippen LogP contribution in [-0.2, 0) is 27.9 Å². The van der Waals surface area contributed by atoms with Crippen LogP contribution in [0.2, 0.25) is 0 Å². The lowest BCUT2D eigenvalue weighted by molar-refractivity contribution is -0.870. The number of allylic oxidation sites excluding steroid dienone is 9. The van der Waals surface area contributed by atoms with Crippen molar-refractivity contribution in [1.82, 2.24) is 5.32 Å². The zero-order valence-corrected chi connectivity index (χ0v) is 48.8. The molecule has 0 aliphatic rings. The third kappa shape index (κ3) is 52.6. The van der Waals surface area contributed by atoms with Gasteiger partial charge in [-0.15, -0.1) is 0 Å². The minimum absolute atomic E-state index is 0.0291. The number of phosphoric ester groups is 1. The summed E-state index contributed by atoms with van der Waals surface area (Å²) in [6, 6.07) is -0.903. The summed E-state index contributed by atoms with van der Waals surface area (Å²) in [5, 5.41) is 3.01. The highest BCUT2D eigenvalue weighted by atomic mass is 31.2. The highest BCUT2D eigenvalue weighted by Gasteiger charge is 2.27. The van der Waals surface area contributed by atoms with Crippen molar-refractivity contribution >= 4 is 19.7 Å². The number of hydrogen-bond donors (Lipinski definition) is 1. The molecule has 0 aromatic rings. The molecule has 0 spiro atoms. The Morgan fingerprint density at radius 3 is 1.35 bits per heavy atom. The van der Waals surface area contributed by atoms with E-state index < -0.39 is 26.6 Å². The molecule has 420 valence electrons. The minimum atomic E-state index is -4.70. The molecular weight excluding hydrogens is 916 g/mol. The smallest absolute Gasteiger partial charge is 0.306 e. The quantitative estimate of drug-likeness (QED) is 0.0212. The molecule has 72 heavy (non-hydrogen) atoms. The Labute approximate surface area is 445 Å².